The molecule has 0 bridgehead atoms. The van der Waals surface area contributed by atoms with Crippen LogP contribution in [-0.4, -0.2) is 32.0 Å². The number of nitrogens with one attached hydrogen (secondary N) is 2. The van der Waals surface area contributed by atoms with Crippen molar-refractivity contribution in [1.29, 1.82) is 0 Å². The Kier molecular flexibility index (Phi) is 6.72. The van der Waals surface area contributed by atoms with E-state index in [9.17, 15) is 13.2 Å². The monoisotopic (exact) mass is 419 g/mol. The zero-order chi connectivity index (χ0) is 20.0. The van der Waals surface area contributed by atoms with Crippen LogP contribution < -0.4 is 10.0 Å². The Morgan fingerprint density at radius 3 is 2.57 bits per heavy atom. The summed E-state index contributed by atoms with van der Waals surface area (Å²) in [5.74, 6) is -0.195. The molecule has 1 heterocycles. The van der Waals surface area contributed by atoms with Gasteiger partial charge in [-0.15, -0.1) is 0 Å². The van der Waals surface area contributed by atoms with Gasteiger partial charge in [0.1, 0.15) is 4.90 Å². The van der Waals surface area contributed by atoms with E-state index in [4.69, 9.17) is 11.6 Å². The van der Waals surface area contributed by atoms with E-state index in [1.165, 1.54) is 23.0 Å². The van der Waals surface area contributed by atoms with Crippen LogP contribution in [0.25, 0.3) is 10.9 Å². The molecule has 0 unspecified atom stereocenters. The predicted octanol–water partition coefficient (Wildman–Crippen LogP) is 3.17. The lowest BCUT2D eigenvalue weighted by Gasteiger charge is -2.09. The lowest BCUT2D eigenvalue weighted by Crippen LogP contribution is -2.31. The molecule has 0 spiro atoms. The molecular weight excluding hydrogens is 398 g/mol. The molecule has 1 aromatic heterocycles. The molecular formula is C20H22ClN3O3S. The molecule has 0 radical (unpaired) electrons. The Bertz CT molecular complexity index is 1060. The van der Waals surface area contributed by atoms with Crippen LogP contribution in [0.4, 0.5) is 0 Å². The van der Waals surface area contributed by atoms with Crippen molar-refractivity contribution in [2.24, 2.45) is 0 Å². The number of benzene rings is 2. The van der Waals surface area contributed by atoms with E-state index in [-0.39, 0.29) is 28.8 Å². The highest BCUT2D eigenvalue weighted by Crippen LogP contribution is 2.20. The Morgan fingerprint density at radius 2 is 1.75 bits per heavy atom. The van der Waals surface area contributed by atoms with E-state index in [1.54, 1.807) is 12.1 Å². The highest BCUT2D eigenvalue weighted by molar-refractivity contribution is 7.89. The lowest BCUT2D eigenvalue weighted by molar-refractivity contribution is -0.120. The molecule has 148 valence electrons. The molecule has 3 rings (SSSR count). The number of fused-ring (bicyclic) bond motifs is 1. The van der Waals surface area contributed by atoms with Gasteiger partial charge < -0.3 is 9.88 Å². The van der Waals surface area contributed by atoms with Gasteiger partial charge in [-0.2, -0.15) is 0 Å². The first-order valence-corrected chi connectivity index (χ1v) is 10.9. The molecule has 28 heavy (non-hydrogen) atoms. The molecule has 1 amide bonds. The number of para-hydroxylation sites is 1. The van der Waals surface area contributed by atoms with Gasteiger partial charge in [-0.1, -0.05) is 41.9 Å². The third-order valence-electron chi connectivity index (χ3n) is 4.35. The highest BCUT2D eigenvalue weighted by atomic mass is 35.5. The summed E-state index contributed by atoms with van der Waals surface area (Å²) in [4.78, 5) is 11.9. The minimum absolute atomic E-state index is 0.0102. The standard InChI is InChI=1S/C20H22ClN3O3S/c21-17-7-2-4-9-19(17)28(26,27)23-13-10-20(25)22-12-5-14-24-15-11-16-6-1-3-8-18(16)24/h1-4,6-9,11,15,23H,5,10,12-14H2,(H,22,25). The number of aryl methyl sites for hydroxylation is 1. The minimum Gasteiger partial charge on any atom is -0.356 e. The Labute approximate surface area is 169 Å². The maximum Gasteiger partial charge on any atom is 0.242 e. The number of carbonyl (C=O) groups excluding carboxylic acids is 1. The maximum atomic E-state index is 12.2. The average molecular weight is 420 g/mol. The number of carbonyl (C=O) groups is 1. The second-order valence-electron chi connectivity index (χ2n) is 6.35. The van der Waals surface area contributed by atoms with Crippen LogP contribution in [-0.2, 0) is 21.4 Å². The summed E-state index contributed by atoms with van der Waals surface area (Å²) in [7, 11) is -3.73. The van der Waals surface area contributed by atoms with E-state index >= 15 is 0 Å². The molecule has 2 N–H and O–H groups in total. The fourth-order valence-electron chi connectivity index (χ4n) is 2.94. The molecule has 0 fully saturated rings. The van der Waals surface area contributed by atoms with Crippen LogP contribution in [0, 0.1) is 0 Å². The van der Waals surface area contributed by atoms with E-state index in [1.807, 2.05) is 18.3 Å². The number of halogens is 1. The van der Waals surface area contributed by atoms with E-state index < -0.39 is 10.0 Å². The average Bonchev–Trinajstić information content (AvgIpc) is 3.08. The molecule has 0 aliphatic rings. The van der Waals surface area contributed by atoms with E-state index in [0.717, 1.165) is 13.0 Å². The zero-order valence-electron chi connectivity index (χ0n) is 15.3. The molecule has 0 aliphatic carbocycles. The topological polar surface area (TPSA) is 80.2 Å². The van der Waals surface area contributed by atoms with Crippen LogP contribution in [0.1, 0.15) is 12.8 Å². The first-order valence-electron chi connectivity index (χ1n) is 9.02. The second kappa shape index (κ2) is 9.23. The van der Waals surface area contributed by atoms with Gasteiger partial charge in [0, 0.05) is 37.8 Å². The summed E-state index contributed by atoms with van der Waals surface area (Å²) in [5.41, 5.74) is 1.17. The van der Waals surface area contributed by atoms with Crippen LogP contribution in [0.15, 0.2) is 65.7 Å². The lowest BCUT2D eigenvalue weighted by atomic mass is 10.2. The Hall–Kier alpha value is -2.35. The van der Waals surface area contributed by atoms with Crippen molar-refractivity contribution in [1.82, 2.24) is 14.6 Å². The number of nitrogens with zero attached hydrogens (tertiary/aromatic N) is 1. The van der Waals surface area contributed by atoms with Crippen LogP contribution >= 0.6 is 11.6 Å². The molecule has 0 saturated carbocycles. The van der Waals surface area contributed by atoms with Gasteiger partial charge in [0.25, 0.3) is 0 Å². The van der Waals surface area contributed by atoms with Gasteiger partial charge in [-0.05, 0) is 36.1 Å². The number of hydrogen-bond donors (Lipinski definition) is 2. The van der Waals surface area contributed by atoms with Gasteiger partial charge in [-0.3, -0.25) is 4.79 Å². The van der Waals surface area contributed by atoms with Crippen LogP contribution in [0.2, 0.25) is 5.02 Å². The quantitative estimate of drug-likeness (QED) is 0.523. The third-order valence-corrected chi connectivity index (χ3v) is 6.31. The highest BCUT2D eigenvalue weighted by Gasteiger charge is 2.17. The van der Waals surface area contributed by atoms with Crippen molar-refractivity contribution in [2.75, 3.05) is 13.1 Å². The van der Waals surface area contributed by atoms with Gasteiger partial charge in [-0.25, -0.2) is 13.1 Å². The van der Waals surface area contributed by atoms with Crippen molar-refractivity contribution < 1.29 is 13.2 Å². The molecule has 2 aromatic carbocycles. The molecule has 3 aromatic rings. The molecule has 6 nitrogen and oxygen atoms in total. The van der Waals surface area contributed by atoms with Crippen molar-refractivity contribution in [3.63, 3.8) is 0 Å². The number of aromatic nitrogens is 1. The third kappa shape index (κ3) is 5.13. The summed E-state index contributed by atoms with van der Waals surface area (Å²) in [6.45, 7) is 1.34. The maximum absolute atomic E-state index is 12.2. The van der Waals surface area contributed by atoms with Crippen molar-refractivity contribution in [3.8, 4) is 0 Å². The van der Waals surface area contributed by atoms with Crippen molar-refractivity contribution in [3.05, 3.63) is 65.8 Å². The Morgan fingerprint density at radius 1 is 1.00 bits per heavy atom. The summed E-state index contributed by atoms with van der Waals surface area (Å²) in [6, 6.07) is 16.4. The predicted molar refractivity (Wildman–Crippen MR) is 111 cm³/mol. The molecule has 0 aliphatic heterocycles. The van der Waals surface area contributed by atoms with Crippen molar-refractivity contribution in [2.45, 2.75) is 24.3 Å². The number of sulfonamides is 1. The molecule has 8 heteroatoms. The van der Waals surface area contributed by atoms with Gasteiger partial charge >= 0.3 is 0 Å². The van der Waals surface area contributed by atoms with E-state index in [2.05, 4.69) is 32.8 Å². The summed E-state index contributed by atoms with van der Waals surface area (Å²) < 4.78 is 29.0. The second-order valence-corrected chi connectivity index (χ2v) is 8.49. The SMILES string of the molecule is O=C(CCNS(=O)(=O)c1ccccc1Cl)NCCCn1ccc2ccccc21. The van der Waals surface area contributed by atoms with Crippen LogP contribution in [0.5, 0.6) is 0 Å². The smallest absolute Gasteiger partial charge is 0.242 e. The molecule has 0 atom stereocenters. The zero-order valence-corrected chi connectivity index (χ0v) is 16.8. The summed E-state index contributed by atoms with van der Waals surface area (Å²) in [5, 5.41) is 4.16. The number of rotatable bonds is 9. The Balaban J connectivity index is 1.38. The first kappa shape index (κ1) is 20.4. The van der Waals surface area contributed by atoms with Crippen molar-refractivity contribution >= 4 is 38.4 Å². The van der Waals surface area contributed by atoms with Gasteiger partial charge in [0.15, 0.2) is 0 Å². The van der Waals surface area contributed by atoms with Crippen LogP contribution in [0.3, 0.4) is 0 Å². The summed E-state index contributed by atoms with van der Waals surface area (Å²) in [6.07, 6.45) is 2.89. The fraction of sp³-hybridized carbons (Fsp3) is 0.250. The normalized spacial score (nSPS) is 11.6. The number of amides is 1. The minimum atomic E-state index is -3.73. The summed E-state index contributed by atoms with van der Waals surface area (Å²) >= 11 is 5.91. The van der Waals surface area contributed by atoms with Gasteiger partial charge in [0.2, 0.25) is 15.9 Å². The molecule has 0 saturated heterocycles. The first-order chi connectivity index (χ1) is 13.5. The fourth-order valence-corrected chi connectivity index (χ4v) is 4.49. The van der Waals surface area contributed by atoms with E-state index in [0.29, 0.717) is 6.54 Å². The van der Waals surface area contributed by atoms with Gasteiger partial charge in [0.05, 0.1) is 5.02 Å². The largest absolute Gasteiger partial charge is 0.356 e. The number of hydrogen-bond acceptors (Lipinski definition) is 3.